The molecule has 6 nitrogen and oxygen atoms in total. The van der Waals surface area contributed by atoms with E-state index in [2.05, 4.69) is 24.8 Å². The van der Waals surface area contributed by atoms with Crippen molar-refractivity contribution in [3.05, 3.63) is 72.6 Å². The van der Waals surface area contributed by atoms with Crippen molar-refractivity contribution in [1.82, 2.24) is 24.6 Å². The van der Waals surface area contributed by atoms with Crippen LogP contribution in [-0.2, 0) is 6.42 Å². The maximum absolute atomic E-state index is 12.2. The molecule has 4 rings (SSSR count). The summed E-state index contributed by atoms with van der Waals surface area (Å²) in [7, 11) is 0. The summed E-state index contributed by atoms with van der Waals surface area (Å²) in [6.45, 7) is -2.83. The minimum Gasteiger partial charge on any atom is -0.435 e. The molecular weight excluding hydrogens is 340 g/mol. The Morgan fingerprint density at radius 1 is 1.08 bits per heavy atom. The number of hydrogen-bond donors (Lipinski definition) is 0. The molecule has 8 heteroatoms. The zero-order valence-electron chi connectivity index (χ0n) is 13.5. The number of benzene rings is 1. The van der Waals surface area contributed by atoms with Crippen LogP contribution in [0.5, 0.6) is 5.75 Å². The van der Waals surface area contributed by atoms with Crippen molar-refractivity contribution < 1.29 is 13.5 Å². The first-order valence-corrected chi connectivity index (χ1v) is 7.83. The molecule has 0 atom stereocenters. The third kappa shape index (κ3) is 3.34. The molecule has 0 radical (unpaired) electrons. The molecule has 3 heterocycles. The Hall–Kier alpha value is -3.42. The van der Waals surface area contributed by atoms with Crippen LogP contribution in [0.25, 0.3) is 16.9 Å². The van der Waals surface area contributed by atoms with Gasteiger partial charge in [0.2, 0.25) is 0 Å². The first-order chi connectivity index (χ1) is 12.7. The van der Waals surface area contributed by atoms with Crippen LogP contribution in [0.4, 0.5) is 8.78 Å². The molecule has 0 aliphatic carbocycles. The van der Waals surface area contributed by atoms with Gasteiger partial charge in [-0.25, -0.2) is 9.50 Å². The Morgan fingerprint density at radius 2 is 1.92 bits per heavy atom. The molecule has 0 aliphatic rings. The van der Waals surface area contributed by atoms with Crippen molar-refractivity contribution >= 4 is 5.65 Å². The topological polar surface area (TPSA) is 65.2 Å². The number of fused-ring (bicyclic) bond motifs is 1. The van der Waals surface area contributed by atoms with E-state index in [4.69, 9.17) is 0 Å². The van der Waals surface area contributed by atoms with E-state index in [-0.39, 0.29) is 5.75 Å². The van der Waals surface area contributed by atoms with Gasteiger partial charge in [-0.3, -0.25) is 9.97 Å². The van der Waals surface area contributed by atoms with Crippen molar-refractivity contribution in [1.29, 1.82) is 0 Å². The van der Waals surface area contributed by atoms with Gasteiger partial charge in [0.05, 0.1) is 0 Å². The molecule has 0 amide bonds. The Bertz CT molecular complexity index is 1020. The minimum atomic E-state index is -2.83. The molecule has 0 fully saturated rings. The molecule has 3 aromatic heterocycles. The van der Waals surface area contributed by atoms with E-state index < -0.39 is 6.61 Å². The molecule has 0 saturated carbocycles. The smallest absolute Gasteiger partial charge is 0.387 e. The van der Waals surface area contributed by atoms with Crippen LogP contribution in [0.2, 0.25) is 0 Å². The summed E-state index contributed by atoms with van der Waals surface area (Å²) in [6, 6.07) is 10.2. The molecule has 0 aliphatic heterocycles. The number of aromatic nitrogens is 5. The Labute approximate surface area is 147 Å². The number of alkyl halides is 2. The van der Waals surface area contributed by atoms with Crippen molar-refractivity contribution in [3.63, 3.8) is 0 Å². The summed E-state index contributed by atoms with van der Waals surface area (Å²) in [4.78, 5) is 13.1. The number of halogens is 2. The highest BCUT2D eigenvalue weighted by atomic mass is 19.3. The lowest BCUT2D eigenvalue weighted by Crippen LogP contribution is -2.01. The van der Waals surface area contributed by atoms with Crippen LogP contribution in [0.1, 0.15) is 11.4 Å². The van der Waals surface area contributed by atoms with Gasteiger partial charge >= 0.3 is 6.61 Å². The van der Waals surface area contributed by atoms with Crippen LogP contribution in [-0.4, -0.2) is 31.2 Å². The highest BCUT2D eigenvalue weighted by Crippen LogP contribution is 2.21. The number of ether oxygens (including phenoxy) is 1. The molecular formula is C18H13F2N5O. The van der Waals surface area contributed by atoms with Crippen molar-refractivity contribution in [2.45, 2.75) is 13.0 Å². The monoisotopic (exact) mass is 353 g/mol. The number of pyridine rings is 1. The Morgan fingerprint density at radius 3 is 2.65 bits per heavy atom. The maximum Gasteiger partial charge on any atom is 0.387 e. The predicted octanol–water partition coefficient (Wildman–Crippen LogP) is 3.38. The Kier molecular flexibility index (Phi) is 4.22. The number of rotatable bonds is 5. The van der Waals surface area contributed by atoms with Crippen LogP contribution >= 0.6 is 0 Å². The van der Waals surface area contributed by atoms with Crippen molar-refractivity contribution in [2.75, 3.05) is 0 Å². The zero-order chi connectivity index (χ0) is 17.9. The fourth-order valence-electron chi connectivity index (χ4n) is 2.61. The van der Waals surface area contributed by atoms with E-state index in [9.17, 15) is 8.78 Å². The molecule has 0 unspecified atom stereocenters. The average molecular weight is 353 g/mol. The lowest BCUT2D eigenvalue weighted by molar-refractivity contribution is -0.0498. The van der Waals surface area contributed by atoms with Gasteiger partial charge in [0, 0.05) is 36.8 Å². The highest BCUT2D eigenvalue weighted by molar-refractivity contribution is 5.72. The van der Waals surface area contributed by atoms with Gasteiger partial charge in [-0.05, 0) is 29.8 Å². The van der Waals surface area contributed by atoms with Gasteiger partial charge in [0.15, 0.2) is 11.5 Å². The molecule has 130 valence electrons. The minimum absolute atomic E-state index is 0.120. The number of nitrogens with zero attached hydrogens (tertiary/aromatic N) is 5. The molecule has 26 heavy (non-hydrogen) atoms. The van der Waals surface area contributed by atoms with Gasteiger partial charge in [-0.15, -0.1) is 0 Å². The third-order valence-corrected chi connectivity index (χ3v) is 3.74. The van der Waals surface area contributed by atoms with Crippen LogP contribution in [0.15, 0.2) is 61.2 Å². The lowest BCUT2D eigenvalue weighted by Gasteiger charge is -2.04. The number of hydrogen-bond acceptors (Lipinski definition) is 5. The summed E-state index contributed by atoms with van der Waals surface area (Å²) in [5.74, 6) is 0.723. The Balaban J connectivity index is 1.62. The lowest BCUT2D eigenvalue weighted by atomic mass is 10.1. The van der Waals surface area contributed by atoms with Gasteiger partial charge in [-0.2, -0.15) is 13.9 Å². The van der Waals surface area contributed by atoms with Gasteiger partial charge in [0.25, 0.3) is 0 Å². The quantitative estimate of drug-likeness (QED) is 0.550. The fourth-order valence-corrected chi connectivity index (χ4v) is 2.61. The predicted molar refractivity (Wildman–Crippen MR) is 89.9 cm³/mol. The van der Waals surface area contributed by atoms with Crippen molar-refractivity contribution in [3.8, 4) is 17.0 Å². The van der Waals surface area contributed by atoms with E-state index in [1.807, 2.05) is 12.1 Å². The maximum atomic E-state index is 12.2. The first-order valence-electron chi connectivity index (χ1n) is 7.83. The first kappa shape index (κ1) is 16.1. The normalized spacial score (nSPS) is 11.2. The molecule has 0 N–H and O–H groups in total. The van der Waals surface area contributed by atoms with Crippen LogP contribution < -0.4 is 4.74 Å². The van der Waals surface area contributed by atoms with E-state index in [0.717, 1.165) is 11.1 Å². The standard InChI is InChI=1S/C18H13F2N5O/c19-18(20)26-14-5-3-12(4-6-14)10-15-23-17-16(13-2-1-7-21-11-13)22-8-9-25(17)24-15/h1-9,11,18H,10H2. The fraction of sp³-hybridized carbons (Fsp3) is 0.111. The summed E-state index contributed by atoms with van der Waals surface area (Å²) in [6.07, 6.45) is 7.26. The third-order valence-electron chi connectivity index (χ3n) is 3.74. The highest BCUT2D eigenvalue weighted by Gasteiger charge is 2.12. The molecule has 4 aromatic rings. The summed E-state index contributed by atoms with van der Waals surface area (Å²) >= 11 is 0. The molecule has 1 aromatic carbocycles. The second-order valence-electron chi connectivity index (χ2n) is 5.51. The van der Waals surface area contributed by atoms with E-state index in [1.54, 1.807) is 41.4 Å². The van der Waals surface area contributed by atoms with E-state index in [1.165, 1.54) is 12.1 Å². The molecule has 0 bridgehead atoms. The van der Waals surface area contributed by atoms with Gasteiger partial charge in [-0.1, -0.05) is 12.1 Å². The van der Waals surface area contributed by atoms with E-state index >= 15 is 0 Å². The van der Waals surface area contributed by atoms with E-state index in [0.29, 0.717) is 23.6 Å². The SMILES string of the molecule is FC(F)Oc1ccc(Cc2nc3c(-c4cccnc4)nccn3n2)cc1. The molecule has 0 saturated heterocycles. The summed E-state index contributed by atoms with van der Waals surface area (Å²) in [5, 5.41) is 4.46. The van der Waals surface area contributed by atoms with Gasteiger partial charge in [0.1, 0.15) is 11.4 Å². The zero-order valence-corrected chi connectivity index (χ0v) is 13.5. The summed E-state index contributed by atoms with van der Waals surface area (Å²) < 4.78 is 30.4. The largest absolute Gasteiger partial charge is 0.435 e. The van der Waals surface area contributed by atoms with Crippen LogP contribution in [0, 0.1) is 0 Å². The second kappa shape index (κ2) is 6.83. The summed E-state index contributed by atoms with van der Waals surface area (Å²) in [5.41, 5.74) is 3.07. The van der Waals surface area contributed by atoms with Crippen LogP contribution in [0.3, 0.4) is 0 Å². The second-order valence-corrected chi connectivity index (χ2v) is 5.51. The van der Waals surface area contributed by atoms with Gasteiger partial charge < -0.3 is 4.74 Å². The molecule has 0 spiro atoms. The average Bonchev–Trinajstić information content (AvgIpc) is 3.06. The van der Waals surface area contributed by atoms with Crippen molar-refractivity contribution in [2.24, 2.45) is 0 Å².